The topological polar surface area (TPSA) is 57.6 Å². The number of ether oxygens (including phenoxy) is 2. The van der Waals surface area contributed by atoms with Crippen molar-refractivity contribution in [1.82, 2.24) is 0 Å². The molecule has 1 aromatic heterocycles. The van der Waals surface area contributed by atoms with Crippen LogP contribution in [0.15, 0.2) is 22.8 Å². The lowest BCUT2D eigenvalue weighted by Crippen LogP contribution is -2.69. The molecule has 0 saturated carbocycles. The van der Waals surface area contributed by atoms with Gasteiger partial charge in [0.1, 0.15) is 5.76 Å². The summed E-state index contributed by atoms with van der Waals surface area (Å²) in [7, 11) is 0. The molecule has 2 fully saturated rings. The maximum atomic E-state index is 5.89. The number of hydrogen-bond donors (Lipinski definition) is 1. The maximum Gasteiger partial charge on any atom is 0.115 e. The summed E-state index contributed by atoms with van der Waals surface area (Å²) >= 11 is 0. The molecular formula is C11H15NO3. The average Bonchev–Trinajstić information content (AvgIpc) is 2.60. The van der Waals surface area contributed by atoms with Crippen LogP contribution in [0.1, 0.15) is 5.76 Å². The van der Waals surface area contributed by atoms with Crippen molar-refractivity contribution in [1.29, 1.82) is 0 Å². The first kappa shape index (κ1) is 9.39. The molecule has 0 unspecified atom stereocenters. The van der Waals surface area contributed by atoms with Gasteiger partial charge in [-0.3, -0.25) is 0 Å². The van der Waals surface area contributed by atoms with Gasteiger partial charge in [-0.15, -0.1) is 0 Å². The Kier molecular flexibility index (Phi) is 1.92. The van der Waals surface area contributed by atoms with Gasteiger partial charge in [-0.25, -0.2) is 0 Å². The van der Waals surface area contributed by atoms with E-state index in [2.05, 4.69) is 0 Å². The van der Waals surface area contributed by atoms with Gasteiger partial charge >= 0.3 is 0 Å². The first-order valence-corrected chi connectivity index (χ1v) is 5.23. The van der Waals surface area contributed by atoms with Gasteiger partial charge in [-0.2, -0.15) is 0 Å². The van der Waals surface area contributed by atoms with Crippen molar-refractivity contribution >= 4 is 0 Å². The molecule has 3 rings (SSSR count). The highest BCUT2D eigenvalue weighted by Gasteiger charge is 2.62. The zero-order valence-corrected chi connectivity index (χ0v) is 8.57. The van der Waals surface area contributed by atoms with E-state index in [1.54, 1.807) is 6.26 Å². The summed E-state index contributed by atoms with van der Waals surface area (Å²) in [5.41, 5.74) is 5.86. The van der Waals surface area contributed by atoms with Crippen molar-refractivity contribution < 1.29 is 13.9 Å². The third-order valence-electron chi connectivity index (χ3n) is 3.85. The van der Waals surface area contributed by atoms with Crippen LogP contribution in [-0.4, -0.2) is 33.0 Å². The average molecular weight is 209 g/mol. The largest absolute Gasteiger partial charge is 0.469 e. The van der Waals surface area contributed by atoms with Crippen LogP contribution in [0.3, 0.4) is 0 Å². The van der Waals surface area contributed by atoms with E-state index < -0.39 is 0 Å². The van der Waals surface area contributed by atoms with Crippen LogP contribution in [0.25, 0.3) is 0 Å². The summed E-state index contributed by atoms with van der Waals surface area (Å²) in [5, 5.41) is 0. The highest BCUT2D eigenvalue weighted by molar-refractivity contribution is 5.26. The van der Waals surface area contributed by atoms with Gasteiger partial charge in [0, 0.05) is 12.0 Å². The second kappa shape index (κ2) is 3.07. The Morgan fingerprint density at radius 3 is 2.27 bits per heavy atom. The maximum absolute atomic E-state index is 5.89. The van der Waals surface area contributed by atoms with Crippen LogP contribution < -0.4 is 5.73 Å². The fourth-order valence-electron chi connectivity index (χ4n) is 2.50. The Morgan fingerprint density at radius 2 is 1.93 bits per heavy atom. The van der Waals surface area contributed by atoms with Crippen LogP contribution in [0, 0.1) is 5.41 Å². The number of hydrogen-bond acceptors (Lipinski definition) is 4. The molecule has 2 aliphatic rings. The summed E-state index contributed by atoms with van der Waals surface area (Å²) in [4.78, 5) is 0. The normalized spacial score (nSPS) is 26.7. The van der Waals surface area contributed by atoms with Gasteiger partial charge < -0.3 is 19.6 Å². The van der Waals surface area contributed by atoms with Crippen molar-refractivity contribution in [3.63, 3.8) is 0 Å². The Hall–Kier alpha value is -0.840. The van der Waals surface area contributed by atoms with E-state index in [0.717, 1.165) is 5.76 Å². The van der Waals surface area contributed by atoms with E-state index in [-0.39, 0.29) is 10.8 Å². The molecule has 0 aromatic carbocycles. The molecule has 2 saturated heterocycles. The third-order valence-corrected chi connectivity index (χ3v) is 3.85. The number of nitrogens with two attached hydrogens (primary N) is 1. The van der Waals surface area contributed by atoms with Gasteiger partial charge in [0.2, 0.25) is 0 Å². The molecular weight excluding hydrogens is 194 g/mol. The van der Waals surface area contributed by atoms with Crippen molar-refractivity contribution in [2.45, 2.75) is 5.41 Å². The molecule has 82 valence electrons. The smallest absolute Gasteiger partial charge is 0.115 e. The van der Waals surface area contributed by atoms with Gasteiger partial charge in [0.15, 0.2) is 0 Å². The summed E-state index contributed by atoms with van der Waals surface area (Å²) < 4.78 is 16.2. The monoisotopic (exact) mass is 209 g/mol. The Morgan fingerprint density at radius 1 is 1.20 bits per heavy atom. The van der Waals surface area contributed by atoms with Crippen LogP contribution in [-0.2, 0) is 14.9 Å². The lowest BCUT2D eigenvalue weighted by atomic mass is 9.59. The lowest BCUT2D eigenvalue weighted by molar-refractivity contribution is -0.229. The molecule has 0 amide bonds. The molecule has 0 spiro atoms. The van der Waals surface area contributed by atoms with E-state index >= 15 is 0 Å². The first-order chi connectivity index (χ1) is 7.33. The van der Waals surface area contributed by atoms with Crippen molar-refractivity contribution in [2.24, 2.45) is 11.1 Å². The molecule has 1 aromatic rings. The molecule has 2 aliphatic heterocycles. The summed E-state index contributed by atoms with van der Waals surface area (Å²) in [6.07, 6.45) is 1.71. The Bertz CT molecular complexity index is 333. The molecule has 0 atom stereocenters. The SMILES string of the molecule is NCC1(C2(c3ccco3)COC2)COC1. The molecule has 4 nitrogen and oxygen atoms in total. The number of furan rings is 1. The predicted octanol–water partition coefficient (Wildman–Crippen LogP) is 0.523. The van der Waals surface area contributed by atoms with Crippen LogP contribution in [0.4, 0.5) is 0 Å². The standard InChI is InChI=1S/C11H15NO3/c12-4-10(5-13-6-10)11(7-14-8-11)9-2-1-3-15-9/h1-3H,4-8,12H2. The fourth-order valence-corrected chi connectivity index (χ4v) is 2.50. The van der Waals surface area contributed by atoms with Crippen LogP contribution in [0.5, 0.6) is 0 Å². The van der Waals surface area contributed by atoms with E-state index in [1.807, 2.05) is 12.1 Å². The van der Waals surface area contributed by atoms with Gasteiger partial charge in [-0.05, 0) is 12.1 Å². The molecule has 0 bridgehead atoms. The van der Waals surface area contributed by atoms with Crippen molar-refractivity contribution in [3.05, 3.63) is 24.2 Å². The third kappa shape index (κ3) is 1.02. The van der Waals surface area contributed by atoms with Gasteiger partial charge in [0.05, 0.1) is 38.1 Å². The molecule has 15 heavy (non-hydrogen) atoms. The number of rotatable bonds is 3. The van der Waals surface area contributed by atoms with Gasteiger partial charge in [0.25, 0.3) is 0 Å². The van der Waals surface area contributed by atoms with Crippen molar-refractivity contribution in [2.75, 3.05) is 33.0 Å². The molecule has 0 aliphatic carbocycles. The second-order valence-corrected chi connectivity index (χ2v) is 4.53. The lowest BCUT2D eigenvalue weighted by Gasteiger charge is -2.57. The van der Waals surface area contributed by atoms with Crippen molar-refractivity contribution in [3.8, 4) is 0 Å². The zero-order chi connectivity index (χ0) is 10.4. The Labute approximate surface area is 88.3 Å². The van der Waals surface area contributed by atoms with E-state index in [9.17, 15) is 0 Å². The second-order valence-electron chi connectivity index (χ2n) is 4.53. The minimum atomic E-state index is -0.0521. The Balaban J connectivity index is 1.99. The predicted molar refractivity (Wildman–Crippen MR) is 53.5 cm³/mol. The fraction of sp³-hybridized carbons (Fsp3) is 0.636. The van der Waals surface area contributed by atoms with Gasteiger partial charge in [-0.1, -0.05) is 0 Å². The highest BCUT2D eigenvalue weighted by Crippen LogP contribution is 2.51. The molecule has 4 heteroatoms. The first-order valence-electron chi connectivity index (χ1n) is 5.23. The van der Waals surface area contributed by atoms with E-state index in [1.165, 1.54) is 0 Å². The highest BCUT2D eigenvalue weighted by atomic mass is 16.5. The summed E-state index contributed by atoms with van der Waals surface area (Å²) in [6, 6.07) is 3.93. The molecule has 0 radical (unpaired) electrons. The van der Waals surface area contributed by atoms with E-state index in [0.29, 0.717) is 33.0 Å². The summed E-state index contributed by atoms with van der Waals surface area (Å²) in [6.45, 7) is 3.44. The zero-order valence-electron chi connectivity index (χ0n) is 8.57. The van der Waals surface area contributed by atoms with Crippen LogP contribution >= 0.6 is 0 Å². The minimum Gasteiger partial charge on any atom is -0.469 e. The quantitative estimate of drug-likeness (QED) is 0.788. The van der Waals surface area contributed by atoms with E-state index in [4.69, 9.17) is 19.6 Å². The minimum absolute atomic E-state index is 0.0170. The summed E-state index contributed by atoms with van der Waals surface area (Å²) in [5.74, 6) is 0.988. The van der Waals surface area contributed by atoms with Crippen LogP contribution in [0.2, 0.25) is 0 Å². The molecule has 2 N–H and O–H groups in total. The molecule has 3 heterocycles.